The molecule has 2 aliphatic heterocycles. The fourth-order valence-electron chi connectivity index (χ4n) is 3.31. The van der Waals surface area contributed by atoms with Crippen LogP contribution in [0.2, 0.25) is 0 Å². The van der Waals surface area contributed by atoms with Crippen LogP contribution in [0.3, 0.4) is 0 Å². The maximum absolute atomic E-state index is 12.3. The molecule has 0 aromatic carbocycles. The number of ether oxygens (including phenoxy) is 1. The molecule has 2 saturated heterocycles. The van der Waals surface area contributed by atoms with Crippen molar-refractivity contribution in [3.63, 3.8) is 0 Å². The molecule has 1 unspecified atom stereocenters. The maximum atomic E-state index is 12.3. The smallest absolute Gasteiger partial charge is 0.222 e. The first-order valence-corrected chi connectivity index (χ1v) is 8.69. The highest BCUT2D eigenvalue weighted by molar-refractivity contribution is 7.13. The van der Waals surface area contributed by atoms with Gasteiger partial charge in [0.2, 0.25) is 5.91 Å². The summed E-state index contributed by atoms with van der Waals surface area (Å²) in [6, 6.07) is 1.79. The molecule has 23 heavy (non-hydrogen) atoms. The summed E-state index contributed by atoms with van der Waals surface area (Å²) in [5.74, 6) is 0.849. The lowest BCUT2D eigenvalue weighted by Crippen LogP contribution is -2.46. The van der Waals surface area contributed by atoms with E-state index in [1.165, 1.54) is 11.3 Å². The lowest BCUT2D eigenvalue weighted by atomic mass is 9.79. The Kier molecular flexibility index (Phi) is 3.82. The first kappa shape index (κ1) is 14.7. The average molecular weight is 330 g/mol. The van der Waals surface area contributed by atoms with Gasteiger partial charge in [-0.15, -0.1) is 11.3 Å². The van der Waals surface area contributed by atoms with Crippen LogP contribution in [-0.2, 0) is 16.1 Å². The summed E-state index contributed by atoms with van der Waals surface area (Å²) in [7, 11) is 0. The molecule has 0 aliphatic carbocycles. The first-order chi connectivity index (χ1) is 11.2. The van der Waals surface area contributed by atoms with E-state index in [1.54, 1.807) is 18.5 Å². The van der Waals surface area contributed by atoms with Crippen molar-refractivity contribution in [3.8, 4) is 10.8 Å². The minimum atomic E-state index is 0.162. The summed E-state index contributed by atoms with van der Waals surface area (Å²) in [4.78, 5) is 27.2. The van der Waals surface area contributed by atoms with E-state index < -0.39 is 0 Å². The molecule has 2 aromatic heterocycles. The molecule has 0 bridgehead atoms. The van der Waals surface area contributed by atoms with Gasteiger partial charge in [-0.2, -0.15) is 0 Å². The standard InChI is InChI=1S/C16H18N4O2S/c21-13-2-3-16(4-7-22-11-16)10-20(13)8-12-9-23-15(19-12)14-17-5-1-6-18-14/h1,5-6,9H,2-4,7-8,10-11H2. The molecule has 1 atom stereocenters. The van der Waals surface area contributed by atoms with Crippen LogP contribution in [0, 0.1) is 5.41 Å². The molecule has 0 N–H and O–H groups in total. The van der Waals surface area contributed by atoms with Gasteiger partial charge < -0.3 is 9.64 Å². The highest BCUT2D eigenvalue weighted by Gasteiger charge is 2.41. The van der Waals surface area contributed by atoms with Gasteiger partial charge in [0.25, 0.3) is 0 Å². The number of nitrogens with zero attached hydrogens (tertiary/aromatic N) is 4. The topological polar surface area (TPSA) is 68.2 Å². The van der Waals surface area contributed by atoms with E-state index in [4.69, 9.17) is 4.74 Å². The molecule has 0 saturated carbocycles. The van der Waals surface area contributed by atoms with Gasteiger partial charge in [-0.1, -0.05) is 0 Å². The van der Waals surface area contributed by atoms with Crippen LogP contribution < -0.4 is 0 Å². The van der Waals surface area contributed by atoms with Crippen LogP contribution in [0.1, 0.15) is 25.0 Å². The van der Waals surface area contributed by atoms with Crippen LogP contribution in [0.4, 0.5) is 0 Å². The molecule has 6 nitrogen and oxygen atoms in total. The number of thiazole rings is 1. The number of rotatable bonds is 3. The third kappa shape index (κ3) is 2.98. The van der Waals surface area contributed by atoms with Gasteiger partial charge in [0.15, 0.2) is 10.8 Å². The van der Waals surface area contributed by atoms with Crippen molar-refractivity contribution in [2.75, 3.05) is 19.8 Å². The van der Waals surface area contributed by atoms with Gasteiger partial charge >= 0.3 is 0 Å². The Labute approximate surface area is 138 Å². The maximum Gasteiger partial charge on any atom is 0.222 e. The van der Waals surface area contributed by atoms with Crippen LogP contribution in [0.25, 0.3) is 10.8 Å². The van der Waals surface area contributed by atoms with E-state index in [-0.39, 0.29) is 11.3 Å². The second-order valence-electron chi connectivity index (χ2n) is 6.27. The van der Waals surface area contributed by atoms with E-state index in [9.17, 15) is 4.79 Å². The molecule has 1 spiro atoms. The van der Waals surface area contributed by atoms with Crippen LogP contribution in [-0.4, -0.2) is 45.5 Å². The molecule has 4 rings (SSSR count). The number of carbonyl (C=O) groups is 1. The third-order valence-electron chi connectivity index (χ3n) is 4.59. The number of aromatic nitrogens is 3. The summed E-state index contributed by atoms with van der Waals surface area (Å²) in [5.41, 5.74) is 1.07. The predicted octanol–water partition coefficient (Wildman–Crippen LogP) is 2.13. The molecule has 1 amide bonds. The van der Waals surface area contributed by atoms with Gasteiger partial charge in [0.05, 0.1) is 18.8 Å². The molecule has 2 aromatic rings. The van der Waals surface area contributed by atoms with Crippen LogP contribution >= 0.6 is 11.3 Å². The second kappa shape index (κ2) is 5.98. The van der Waals surface area contributed by atoms with Gasteiger partial charge in [-0.25, -0.2) is 15.0 Å². The van der Waals surface area contributed by atoms with Crippen molar-refractivity contribution >= 4 is 17.2 Å². The number of hydrogen-bond acceptors (Lipinski definition) is 6. The summed E-state index contributed by atoms with van der Waals surface area (Å²) in [6.07, 6.45) is 6.03. The number of piperidine rings is 1. The van der Waals surface area contributed by atoms with Crippen molar-refractivity contribution in [2.24, 2.45) is 5.41 Å². The zero-order valence-electron chi connectivity index (χ0n) is 12.8. The summed E-state index contributed by atoms with van der Waals surface area (Å²) in [5, 5.41) is 2.79. The third-order valence-corrected chi connectivity index (χ3v) is 5.48. The minimum Gasteiger partial charge on any atom is -0.381 e. The largest absolute Gasteiger partial charge is 0.381 e. The Morgan fingerprint density at radius 1 is 1.30 bits per heavy atom. The SMILES string of the molecule is O=C1CCC2(CCOC2)CN1Cc1csc(-c2ncccn2)n1. The van der Waals surface area contributed by atoms with Crippen LogP contribution in [0.5, 0.6) is 0 Å². The zero-order chi connectivity index (χ0) is 15.7. The molecule has 2 fully saturated rings. The predicted molar refractivity (Wildman–Crippen MR) is 85.7 cm³/mol. The molecular weight excluding hydrogens is 312 g/mol. The zero-order valence-corrected chi connectivity index (χ0v) is 13.6. The molecule has 120 valence electrons. The number of likely N-dealkylation sites (tertiary alicyclic amines) is 1. The second-order valence-corrected chi connectivity index (χ2v) is 7.13. The summed E-state index contributed by atoms with van der Waals surface area (Å²) in [6.45, 7) is 2.93. The normalized spacial score (nSPS) is 24.5. The van der Waals surface area contributed by atoms with E-state index >= 15 is 0 Å². The molecule has 7 heteroatoms. The number of hydrogen-bond donors (Lipinski definition) is 0. The quantitative estimate of drug-likeness (QED) is 0.862. The Morgan fingerprint density at radius 2 is 2.17 bits per heavy atom. The lowest BCUT2D eigenvalue weighted by Gasteiger charge is -2.38. The average Bonchev–Trinajstić information content (AvgIpc) is 3.22. The monoisotopic (exact) mass is 330 g/mol. The Balaban J connectivity index is 1.49. The summed E-state index contributed by atoms with van der Waals surface area (Å²) < 4.78 is 5.57. The number of carbonyl (C=O) groups excluding carboxylic acids is 1. The van der Waals surface area contributed by atoms with Crippen molar-refractivity contribution in [2.45, 2.75) is 25.8 Å². The fraction of sp³-hybridized carbons (Fsp3) is 0.500. The highest BCUT2D eigenvalue weighted by Crippen LogP contribution is 2.38. The Bertz CT molecular complexity index is 697. The molecule has 4 heterocycles. The Hall–Kier alpha value is -1.86. The van der Waals surface area contributed by atoms with Crippen molar-refractivity contribution in [1.82, 2.24) is 19.9 Å². The van der Waals surface area contributed by atoms with E-state index in [0.717, 1.165) is 43.3 Å². The van der Waals surface area contributed by atoms with Crippen molar-refractivity contribution < 1.29 is 9.53 Å². The van der Waals surface area contributed by atoms with Crippen molar-refractivity contribution in [3.05, 3.63) is 29.5 Å². The fourth-order valence-corrected chi connectivity index (χ4v) is 4.06. The molecule has 2 aliphatic rings. The van der Waals surface area contributed by atoms with Crippen LogP contribution in [0.15, 0.2) is 23.8 Å². The first-order valence-electron chi connectivity index (χ1n) is 7.81. The van der Waals surface area contributed by atoms with Gasteiger partial charge in [0, 0.05) is 42.8 Å². The van der Waals surface area contributed by atoms with Crippen molar-refractivity contribution in [1.29, 1.82) is 0 Å². The number of amides is 1. The lowest BCUT2D eigenvalue weighted by molar-refractivity contribution is -0.138. The molecular formula is C16H18N4O2S. The highest BCUT2D eigenvalue weighted by atomic mass is 32.1. The minimum absolute atomic E-state index is 0.162. The van der Waals surface area contributed by atoms with E-state index in [0.29, 0.717) is 18.8 Å². The van der Waals surface area contributed by atoms with Gasteiger partial charge in [-0.3, -0.25) is 4.79 Å². The Morgan fingerprint density at radius 3 is 2.96 bits per heavy atom. The van der Waals surface area contributed by atoms with E-state index in [2.05, 4.69) is 15.0 Å². The van der Waals surface area contributed by atoms with Gasteiger partial charge in [0.1, 0.15) is 0 Å². The van der Waals surface area contributed by atoms with E-state index in [1.807, 2.05) is 10.3 Å². The summed E-state index contributed by atoms with van der Waals surface area (Å²) >= 11 is 1.52. The molecule has 0 radical (unpaired) electrons. The van der Waals surface area contributed by atoms with Gasteiger partial charge in [-0.05, 0) is 18.9 Å².